The highest BCUT2D eigenvalue weighted by Crippen LogP contribution is 2.36. The summed E-state index contributed by atoms with van der Waals surface area (Å²) < 4.78 is 41.0. The van der Waals surface area contributed by atoms with Crippen LogP contribution in [0.25, 0.3) is 10.2 Å². The zero-order chi connectivity index (χ0) is 24.7. The minimum Gasteiger partial charge on any atom is -0.356 e. The van der Waals surface area contributed by atoms with E-state index < -0.39 is 12.0 Å². The SMILES string of the molecule is CCCc1cc2c(N3CCn4c(nnc4C(F)(F)F)C3)nc(N3CC[C@H](CNC(C)=O)C3)nc2s1. The van der Waals surface area contributed by atoms with E-state index in [1.165, 1.54) is 11.8 Å². The first-order valence-corrected chi connectivity index (χ1v) is 12.6. The third kappa shape index (κ3) is 4.78. The molecule has 1 N–H and O–H groups in total. The van der Waals surface area contributed by atoms with Crippen molar-refractivity contribution >= 4 is 39.2 Å². The third-order valence-corrected chi connectivity index (χ3v) is 7.51. The Bertz CT molecular complexity index is 1240. The van der Waals surface area contributed by atoms with E-state index in [9.17, 15) is 18.0 Å². The molecule has 3 aromatic heterocycles. The van der Waals surface area contributed by atoms with Crippen LogP contribution in [0.15, 0.2) is 6.07 Å². The first-order chi connectivity index (χ1) is 16.7. The van der Waals surface area contributed by atoms with Gasteiger partial charge in [-0.3, -0.25) is 4.79 Å². The Balaban J connectivity index is 1.46. The highest BCUT2D eigenvalue weighted by molar-refractivity contribution is 7.18. The molecule has 0 bridgehead atoms. The predicted molar refractivity (Wildman–Crippen MR) is 126 cm³/mol. The van der Waals surface area contributed by atoms with Crippen LogP contribution in [0.2, 0.25) is 0 Å². The molecule has 13 heteroatoms. The number of hydrogen-bond donors (Lipinski definition) is 1. The zero-order valence-corrected chi connectivity index (χ0v) is 20.4. The summed E-state index contributed by atoms with van der Waals surface area (Å²) in [6, 6.07) is 2.10. The monoisotopic (exact) mass is 508 g/mol. The van der Waals surface area contributed by atoms with Gasteiger partial charge in [0.25, 0.3) is 0 Å². The van der Waals surface area contributed by atoms with Crippen LogP contribution >= 0.6 is 11.3 Å². The maximum atomic E-state index is 13.3. The molecule has 9 nitrogen and oxygen atoms in total. The molecule has 1 atom stereocenters. The summed E-state index contributed by atoms with van der Waals surface area (Å²) in [5, 5.41) is 11.0. The summed E-state index contributed by atoms with van der Waals surface area (Å²) in [5.74, 6) is 0.927. The van der Waals surface area contributed by atoms with Gasteiger partial charge < -0.3 is 19.7 Å². The second kappa shape index (κ2) is 9.25. The van der Waals surface area contributed by atoms with E-state index in [-0.39, 0.29) is 24.8 Å². The molecule has 0 radical (unpaired) electrons. The molecule has 35 heavy (non-hydrogen) atoms. The molecule has 3 aromatic rings. The number of amides is 1. The topological polar surface area (TPSA) is 92.1 Å². The lowest BCUT2D eigenvalue weighted by Gasteiger charge is -2.30. The van der Waals surface area contributed by atoms with E-state index in [0.717, 1.165) is 53.0 Å². The van der Waals surface area contributed by atoms with Gasteiger partial charge in [-0.15, -0.1) is 21.5 Å². The maximum Gasteiger partial charge on any atom is 0.451 e. The minimum atomic E-state index is -4.53. The molecular formula is C22H27F3N8OS. The Kier molecular flexibility index (Phi) is 6.28. The Morgan fingerprint density at radius 2 is 2.03 bits per heavy atom. The van der Waals surface area contributed by atoms with Crippen molar-refractivity contribution in [3.05, 3.63) is 22.6 Å². The number of fused-ring (bicyclic) bond motifs is 2. The van der Waals surface area contributed by atoms with Crippen LogP contribution in [0.3, 0.4) is 0 Å². The van der Waals surface area contributed by atoms with Crippen molar-refractivity contribution in [3.63, 3.8) is 0 Å². The average molecular weight is 509 g/mol. The van der Waals surface area contributed by atoms with Crippen LogP contribution in [-0.4, -0.2) is 56.8 Å². The normalized spacial score (nSPS) is 18.4. The third-order valence-electron chi connectivity index (χ3n) is 6.42. The number of thiophene rings is 1. The molecule has 5 rings (SSSR count). The lowest BCUT2D eigenvalue weighted by molar-refractivity contribution is -0.147. The highest BCUT2D eigenvalue weighted by atomic mass is 32.1. The van der Waals surface area contributed by atoms with Crippen LogP contribution in [-0.2, 0) is 30.5 Å². The van der Waals surface area contributed by atoms with Gasteiger partial charge in [-0.1, -0.05) is 13.3 Å². The molecule has 1 fully saturated rings. The fraction of sp³-hybridized carbons (Fsp3) is 0.591. The number of nitrogens with one attached hydrogen (secondary N) is 1. The second-order valence-corrected chi connectivity index (χ2v) is 10.2. The first-order valence-electron chi connectivity index (χ1n) is 11.8. The number of nitrogens with zero attached hydrogens (tertiary/aromatic N) is 7. The van der Waals surface area contributed by atoms with Crippen LogP contribution in [0.4, 0.5) is 24.9 Å². The van der Waals surface area contributed by atoms with Gasteiger partial charge in [0.2, 0.25) is 17.7 Å². The summed E-state index contributed by atoms with van der Waals surface area (Å²) >= 11 is 1.64. The lowest BCUT2D eigenvalue weighted by Crippen LogP contribution is -2.36. The van der Waals surface area contributed by atoms with Gasteiger partial charge in [-0.05, 0) is 24.8 Å². The molecule has 188 valence electrons. The van der Waals surface area contributed by atoms with Gasteiger partial charge in [0, 0.05) is 44.5 Å². The van der Waals surface area contributed by atoms with Gasteiger partial charge in [-0.2, -0.15) is 18.2 Å². The smallest absolute Gasteiger partial charge is 0.356 e. The van der Waals surface area contributed by atoms with E-state index in [0.29, 0.717) is 25.0 Å². The van der Waals surface area contributed by atoms with E-state index in [1.54, 1.807) is 11.3 Å². The average Bonchev–Trinajstić information content (AvgIpc) is 3.53. The number of carbonyl (C=O) groups is 1. The molecule has 2 aliphatic rings. The quantitative estimate of drug-likeness (QED) is 0.547. The standard InChI is InChI=1S/C22H27F3N8OS/c1-3-4-15-9-16-18(31-7-8-33-17(12-31)29-30-20(33)22(23,24)25)27-21(28-19(16)35-15)32-6-5-14(11-32)10-26-13(2)34/h9,14H,3-8,10-12H2,1-2H3,(H,26,34)/t14-/m1/s1. The van der Waals surface area contributed by atoms with Gasteiger partial charge >= 0.3 is 6.18 Å². The molecule has 0 aromatic carbocycles. The molecule has 1 amide bonds. The van der Waals surface area contributed by atoms with Gasteiger partial charge in [-0.25, -0.2) is 4.98 Å². The number of aryl methyl sites for hydroxylation is 1. The number of rotatable bonds is 6. The largest absolute Gasteiger partial charge is 0.451 e. The van der Waals surface area contributed by atoms with Crippen LogP contribution in [0, 0.1) is 5.92 Å². The predicted octanol–water partition coefficient (Wildman–Crippen LogP) is 3.24. The number of halogens is 3. The van der Waals surface area contributed by atoms with E-state index in [1.807, 2.05) is 4.90 Å². The Labute approximate surface area is 204 Å². The second-order valence-electron chi connectivity index (χ2n) is 9.08. The van der Waals surface area contributed by atoms with Crippen molar-refractivity contribution in [3.8, 4) is 0 Å². The Hall–Kier alpha value is -2.96. The molecule has 0 aliphatic carbocycles. The van der Waals surface area contributed by atoms with E-state index in [4.69, 9.17) is 9.97 Å². The molecule has 2 aliphatic heterocycles. The summed E-state index contributed by atoms with van der Waals surface area (Å²) in [6.07, 6.45) is -1.67. The first kappa shape index (κ1) is 23.8. The molecule has 0 spiro atoms. The Morgan fingerprint density at radius 3 is 2.77 bits per heavy atom. The van der Waals surface area contributed by atoms with Crippen LogP contribution in [0.1, 0.15) is 43.2 Å². The van der Waals surface area contributed by atoms with E-state index in [2.05, 4.69) is 33.4 Å². The molecular weight excluding hydrogens is 481 g/mol. The van der Waals surface area contributed by atoms with Crippen molar-refractivity contribution < 1.29 is 18.0 Å². The molecule has 1 saturated heterocycles. The minimum absolute atomic E-state index is 0.0444. The number of aromatic nitrogens is 5. The van der Waals surface area contributed by atoms with Crippen LogP contribution < -0.4 is 15.1 Å². The maximum absolute atomic E-state index is 13.3. The number of alkyl halides is 3. The van der Waals surface area contributed by atoms with Crippen LogP contribution in [0.5, 0.6) is 0 Å². The van der Waals surface area contributed by atoms with Gasteiger partial charge in [0.05, 0.1) is 11.9 Å². The number of anilines is 2. The number of hydrogen-bond acceptors (Lipinski definition) is 8. The summed E-state index contributed by atoms with van der Waals surface area (Å²) in [4.78, 5) is 27.3. The van der Waals surface area contributed by atoms with Crippen molar-refractivity contribution in [2.45, 2.75) is 52.4 Å². The molecule has 0 saturated carbocycles. The number of carbonyl (C=O) groups excluding carboxylic acids is 1. The molecule has 0 unspecified atom stereocenters. The fourth-order valence-electron chi connectivity index (χ4n) is 4.71. The zero-order valence-electron chi connectivity index (χ0n) is 19.6. The summed E-state index contributed by atoms with van der Waals surface area (Å²) in [6.45, 7) is 6.46. The van der Waals surface area contributed by atoms with Crippen molar-refractivity contribution in [1.29, 1.82) is 0 Å². The van der Waals surface area contributed by atoms with Gasteiger partial charge in [0.15, 0.2) is 5.82 Å². The Morgan fingerprint density at radius 1 is 1.20 bits per heavy atom. The van der Waals surface area contributed by atoms with Crippen molar-refractivity contribution in [1.82, 2.24) is 30.0 Å². The fourth-order valence-corrected chi connectivity index (χ4v) is 5.83. The summed E-state index contributed by atoms with van der Waals surface area (Å²) in [5.41, 5.74) is 0. The van der Waals surface area contributed by atoms with Crippen molar-refractivity contribution in [2.75, 3.05) is 36.0 Å². The molecule has 5 heterocycles. The lowest BCUT2D eigenvalue weighted by atomic mass is 10.1. The van der Waals surface area contributed by atoms with E-state index >= 15 is 0 Å². The highest BCUT2D eigenvalue weighted by Gasteiger charge is 2.40. The van der Waals surface area contributed by atoms with Crippen molar-refractivity contribution in [2.24, 2.45) is 5.92 Å². The summed E-state index contributed by atoms with van der Waals surface area (Å²) in [7, 11) is 0. The van der Waals surface area contributed by atoms with Gasteiger partial charge in [0.1, 0.15) is 10.6 Å².